The highest BCUT2D eigenvalue weighted by molar-refractivity contribution is 5.54. The largest absolute Gasteiger partial charge is 0.338 e. The standard InChI is InChI=1S/C14H18N6O2/c1-10-5-3-4-7-19(10)14-16-11(2)12(20(21)22)13(17-14)18-8-6-15-9-18/h6,8-10H,3-5,7H2,1-2H3/t10-/m1/s1. The Hall–Kier alpha value is -2.51. The zero-order valence-electron chi connectivity index (χ0n) is 12.6. The highest BCUT2D eigenvalue weighted by atomic mass is 16.6. The molecule has 0 unspecified atom stereocenters. The molecule has 1 aliphatic heterocycles. The van der Waals surface area contributed by atoms with Crippen LogP contribution < -0.4 is 4.90 Å². The van der Waals surface area contributed by atoms with Crippen molar-refractivity contribution >= 4 is 11.6 Å². The molecule has 0 aromatic carbocycles. The number of piperidine rings is 1. The quantitative estimate of drug-likeness (QED) is 0.638. The van der Waals surface area contributed by atoms with E-state index in [4.69, 9.17) is 0 Å². The van der Waals surface area contributed by atoms with Crippen LogP contribution in [0.25, 0.3) is 5.82 Å². The summed E-state index contributed by atoms with van der Waals surface area (Å²) in [6.45, 7) is 4.66. The molecular weight excluding hydrogens is 284 g/mol. The van der Waals surface area contributed by atoms with Crippen LogP contribution >= 0.6 is 0 Å². The lowest BCUT2D eigenvalue weighted by atomic mass is 10.0. The molecule has 8 heteroatoms. The lowest BCUT2D eigenvalue weighted by molar-refractivity contribution is -0.385. The van der Waals surface area contributed by atoms with Crippen LogP contribution in [0.15, 0.2) is 18.7 Å². The van der Waals surface area contributed by atoms with E-state index in [1.165, 1.54) is 12.7 Å². The van der Waals surface area contributed by atoms with E-state index in [0.717, 1.165) is 19.4 Å². The molecule has 8 nitrogen and oxygen atoms in total. The van der Waals surface area contributed by atoms with Gasteiger partial charge < -0.3 is 4.90 Å². The number of hydrogen-bond donors (Lipinski definition) is 0. The molecule has 0 aliphatic carbocycles. The van der Waals surface area contributed by atoms with Crippen LogP contribution in [-0.2, 0) is 0 Å². The van der Waals surface area contributed by atoms with Crippen molar-refractivity contribution in [3.8, 4) is 5.82 Å². The topological polar surface area (TPSA) is 90.0 Å². The summed E-state index contributed by atoms with van der Waals surface area (Å²) in [7, 11) is 0. The average molecular weight is 302 g/mol. The molecule has 1 aliphatic rings. The third-order valence-corrected chi connectivity index (χ3v) is 4.02. The molecule has 3 heterocycles. The van der Waals surface area contributed by atoms with Crippen LogP contribution in [0.1, 0.15) is 31.9 Å². The van der Waals surface area contributed by atoms with Gasteiger partial charge >= 0.3 is 5.69 Å². The minimum Gasteiger partial charge on any atom is -0.338 e. The van der Waals surface area contributed by atoms with E-state index in [9.17, 15) is 10.1 Å². The molecule has 22 heavy (non-hydrogen) atoms. The molecule has 0 saturated carbocycles. The zero-order valence-corrected chi connectivity index (χ0v) is 12.6. The van der Waals surface area contributed by atoms with Crippen LogP contribution in [0.5, 0.6) is 0 Å². The Balaban J connectivity index is 2.12. The minimum absolute atomic E-state index is 0.0774. The summed E-state index contributed by atoms with van der Waals surface area (Å²) in [5.41, 5.74) is 0.294. The second kappa shape index (κ2) is 5.70. The number of nitrogens with zero attached hydrogens (tertiary/aromatic N) is 6. The molecule has 1 saturated heterocycles. The van der Waals surface area contributed by atoms with Gasteiger partial charge in [0.15, 0.2) is 0 Å². The Kier molecular flexibility index (Phi) is 3.74. The molecule has 1 fully saturated rings. The summed E-state index contributed by atoms with van der Waals surface area (Å²) >= 11 is 0. The number of imidazole rings is 1. The lowest BCUT2D eigenvalue weighted by Gasteiger charge is -2.33. The van der Waals surface area contributed by atoms with Crippen LogP contribution in [0, 0.1) is 17.0 Å². The Bertz CT molecular complexity index is 685. The first-order chi connectivity index (χ1) is 10.6. The first-order valence-electron chi connectivity index (χ1n) is 7.36. The molecule has 3 rings (SSSR count). The fourth-order valence-corrected chi connectivity index (χ4v) is 2.84. The van der Waals surface area contributed by atoms with Crippen molar-refractivity contribution in [3.63, 3.8) is 0 Å². The Morgan fingerprint density at radius 2 is 2.18 bits per heavy atom. The average Bonchev–Trinajstić information content (AvgIpc) is 3.00. The first-order valence-corrected chi connectivity index (χ1v) is 7.36. The van der Waals surface area contributed by atoms with Gasteiger partial charge in [0.25, 0.3) is 0 Å². The van der Waals surface area contributed by atoms with Crippen molar-refractivity contribution in [1.82, 2.24) is 19.5 Å². The van der Waals surface area contributed by atoms with Gasteiger partial charge in [-0.1, -0.05) is 0 Å². The number of aryl methyl sites for hydroxylation is 1. The van der Waals surface area contributed by atoms with Gasteiger partial charge in [0.1, 0.15) is 12.0 Å². The third kappa shape index (κ3) is 2.51. The zero-order chi connectivity index (χ0) is 15.7. The molecule has 1 atom stereocenters. The van der Waals surface area contributed by atoms with Crippen LogP contribution in [0.2, 0.25) is 0 Å². The predicted molar refractivity (Wildman–Crippen MR) is 81.2 cm³/mol. The lowest BCUT2D eigenvalue weighted by Crippen LogP contribution is -2.39. The predicted octanol–water partition coefficient (Wildman–Crippen LogP) is 2.26. The van der Waals surface area contributed by atoms with Crippen molar-refractivity contribution in [3.05, 3.63) is 34.5 Å². The van der Waals surface area contributed by atoms with Gasteiger partial charge in [-0.15, -0.1) is 0 Å². The number of rotatable bonds is 3. The van der Waals surface area contributed by atoms with Crippen LogP contribution in [0.4, 0.5) is 11.6 Å². The third-order valence-electron chi connectivity index (χ3n) is 4.02. The summed E-state index contributed by atoms with van der Waals surface area (Å²) in [5, 5.41) is 11.4. The van der Waals surface area contributed by atoms with Gasteiger partial charge in [-0.05, 0) is 33.1 Å². The van der Waals surface area contributed by atoms with Crippen molar-refractivity contribution in [1.29, 1.82) is 0 Å². The highest BCUT2D eigenvalue weighted by Gasteiger charge is 2.27. The number of hydrogen-bond acceptors (Lipinski definition) is 6. The number of aromatic nitrogens is 4. The van der Waals surface area contributed by atoms with E-state index in [2.05, 4.69) is 26.8 Å². The second-order valence-electron chi connectivity index (χ2n) is 5.55. The van der Waals surface area contributed by atoms with E-state index in [1.807, 2.05) is 0 Å². The monoisotopic (exact) mass is 302 g/mol. The maximum Gasteiger partial charge on any atom is 0.333 e. The van der Waals surface area contributed by atoms with E-state index in [1.54, 1.807) is 23.9 Å². The SMILES string of the molecule is Cc1nc(N2CCCC[C@H]2C)nc(-n2ccnc2)c1[N+](=O)[O-]. The maximum absolute atomic E-state index is 11.4. The molecule has 0 N–H and O–H groups in total. The van der Waals surface area contributed by atoms with Gasteiger partial charge in [-0.25, -0.2) is 9.97 Å². The molecule has 0 radical (unpaired) electrons. The summed E-state index contributed by atoms with van der Waals surface area (Å²) in [4.78, 5) is 25.9. The van der Waals surface area contributed by atoms with Crippen molar-refractivity contribution in [2.45, 2.75) is 39.2 Å². The first kappa shape index (κ1) is 14.4. The molecule has 0 amide bonds. The fraction of sp³-hybridized carbons (Fsp3) is 0.500. The number of nitro groups is 1. The van der Waals surface area contributed by atoms with Gasteiger partial charge in [0.05, 0.1) is 4.92 Å². The summed E-state index contributed by atoms with van der Waals surface area (Å²) in [6, 6.07) is 0.338. The molecular formula is C14H18N6O2. The Labute approximate surface area is 128 Å². The van der Waals surface area contributed by atoms with Gasteiger partial charge in [0.2, 0.25) is 11.8 Å². The Morgan fingerprint density at radius 3 is 2.82 bits per heavy atom. The summed E-state index contributed by atoms with van der Waals surface area (Å²) in [6.07, 6.45) is 8.10. The van der Waals surface area contributed by atoms with Gasteiger partial charge in [-0.2, -0.15) is 4.98 Å². The van der Waals surface area contributed by atoms with E-state index >= 15 is 0 Å². The second-order valence-corrected chi connectivity index (χ2v) is 5.55. The van der Waals surface area contributed by atoms with Crippen molar-refractivity contribution in [2.75, 3.05) is 11.4 Å². The molecule has 116 valence electrons. The normalized spacial score (nSPS) is 18.5. The van der Waals surface area contributed by atoms with Crippen LogP contribution in [0.3, 0.4) is 0 Å². The smallest absolute Gasteiger partial charge is 0.333 e. The summed E-state index contributed by atoms with van der Waals surface area (Å²) < 4.78 is 1.56. The summed E-state index contributed by atoms with van der Waals surface area (Å²) in [5.74, 6) is 0.821. The van der Waals surface area contributed by atoms with E-state index in [0.29, 0.717) is 17.7 Å². The van der Waals surface area contributed by atoms with E-state index in [-0.39, 0.29) is 11.5 Å². The minimum atomic E-state index is -0.436. The van der Waals surface area contributed by atoms with Gasteiger partial charge in [0, 0.05) is 25.0 Å². The van der Waals surface area contributed by atoms with Crippen molar-refractivity contribution < 1.29 is 4.92 Å². The van der Waals surface area contributed by atoms with E-state index < -0.39 is 4.92 Å². The molecule has 2 aromatic rings. The van der Waals surface area contributed by atoms with Crippen molar-refractivity contribution in [2.24, 2.45) is 0 Å². The number of anilines is 1. The fourth-order valence-electron chi connectivity index (χ4n) is 2.84. The highest BCUT2D eigenvalue weighted by Crippen LogP contribution is 2.29. The molecule has 0 spiro atoms. The Morgan fingerprint density at radius 1 is 1.36 bits per heavy atom. The molecule has 0 bridgehead atoms. The van der Waals surface area contributed by atoms with Crippen LogP contribution in [-0.4, -0.2) is 37.0 Å². The molecule has 2 aromatic heterocycles. The maximum atomic E-state index is 11.4. The van der Waals surface area contributed by atoms with Gasteiger partial charge in [-0.3, -0.25) is 14.7 Å².